The molecule has 1 atom stereocenters. The number of rotatable bonds is 4. The van der Waals surface area contributed by atoms with Gasteiger partial charge >= 0.3 is 0 Å². The Hall–Kier alpha value is -2.28. The highest BCUT2D eigenvalue weighted by molar-refractivity contribution is 5.91. The van der Waals surface area contributed by atoms with Gasteiger partial charge in [-0.2, -0.15) is 0 Å². The third-order valence-electron chi connectivity index (χ3n) is 4.03. The molecule has 1 heterocycles. The van der Waals surface area contributed by atoms with Crippen molar-refractivity contribution < 1.29 is 0 Å². The van der Waals surface area contributed by atoms with Crippen LogP contribution in [-0.4, -0.2) is 4.98 Å². The first-order valence-electron chi connectivity index (χ1n) is 7.63. The Labute approximate surface area is 126 Å². The monoisotopic (exact) mass is 275 g/mol. The van der Waals surface area contributed by atoms with Crippen LogP contribution in [0.4, 0.5) is 0 Å². The van der Waals surface area contributed by atoms with Gasteiger partial charge in [0, 0.05) is 28.1 Å². The number of H-pyrrole nitrogens is 1. The standard InChI is InChI=1S/C20H21N/c1-3-4-12-18-17-13-8-9-14-19(17)21-20(18)15(2)16-10-6-5-7-11-16/h4-15,21H,3H2,1-2H3/b12-4+. The van der Waals surface area contributed by atoms with Crippen molar-refractivity contribution in [3.05, 3.63) is 77.5 Å². The number of allylic oxidation sites excluding steroid dienone is 1. The van der Waals surface area contributed by atoms with Gasteiger partial charge in [0.15, 0.2) is 0 Å². The quantitative estimate of drug-likeness (QED) is 0.624. The average molecular weight is 275 g/mol. The molecule has 21 heavy (non-hydrogen) atoms. The summed E-state index contributed by atoms with van der Waals surface area (Å²) in [5.41, 5.74) is 5.18. The van der Waals surface area contributed by atoms with Gasteiger partial charge in [0.1, 0.15) is 0 Å². The zero-order valence-corrected chi connectivity index (χ0v) is 12.6. The molecule has 0 saturated carbocycles. The Morgan fingerprint density at radius 2 is 1.71 bits per heavy atom. The Morgan fingerprint density at radius 1 is 1.00 bits per heavy atom. The van der Waals surface area contributed by atoms with E-state index in [1.54, 1.807) is 0 Å². The highest BCUT2D eigenvalue weighted by Gasteiger charge is 2.16. The molecule has 2 aromatic carbocycles. The van der Waals surface area contributed by atoms with E-state index >= 15 is 0 Å². The lowest BCUT2D eigenvalue weighted by Crippen LogP contribution is -1.98. The van der Waals surface area contributed by atoms with Gasteiger partial charge in [-0.05, 0) is 18.1 Å². The fourth-order valence-electron chi connectivity index (χ4n) is 2.85. The molecular formula is C20H21N. The molecule has 0 bridgehead atoms. The molecule has 1 N–H and O–H groups in total. The second kappa shape index (κ2) is 6.01. The van der Waals surface area contributed by atoms with Crippen LogP contribution < -0.4 is 0 Å². The lowest BCUT2D eigenvalue weighted by Gasteiger charge is -2.12. The Morgan fingerprint density at radius 3 is 2.48 bits per heavy atom. The van der Waals surface area contributed by atoms with Gasteiger partial charge in [0.25, 0.3) is 0 Å². The Kier molecular flexibility index (Phi) is 3.92. The zero-order valence-electron chi connectivity index (χ0n) is 12.6. The molecule has 1 nitrogen and oxygen atoms in total. The number of hydrogen-bond acceptors (Lipinski definition) is 0. The van der Waals surface area contributed by atoms with Gasteiger partial charge in [-0.25, -0.2) is 0 Å². The summed E-state index contributed by atoms with van der Waals surface area (Å²) in [5.74, 6) is 0.357. The summed E-state index contributed by atoms with van der Waals surface area (Å²) in [6, 6.07) is 19.2. The molecule has 1 unspecified atom stereocenters. The predicted molar refractivity (Wildman–Crippen MR) is 91.6 cm³/mol. The second-order valence-corrected chi connectivity index (χ2v) is 5.44. The van der Waals surface area contributed by atoms with E-state index in [1.807, 2.05) is 0 Å². The minimum absolute atomic E-state index is 0.357. The molecule has 0 spiro atoms. The van der Waals surface area contributed by atoms with E-state index in [9.17, 15) is 0 Å². The summed E-state index contributed by atoms with van der Waals surface area (Å²) in [6.07, 6.45) is 5.54. The Balaban J connectivity index is 2.15. The molecule has 0 saturated heterocycles. The van der Waals surface area contributed by atoms with E-state index in [1.165, 1.54) is 27.7 Å². The summed E-state index contributed by atoms with van der Waals surface area (Å²) in [5, 5.41) is 1.31. The van der Waals surface area contributed by atoms with Gasteiger partial charge in [-0.1, -0.05) is 74.5 Å². The molecule has 0 radical (unpaired) electrons. The van der Waals surface area contributed by atoms with Crippen molar-refractivity contribution in [2.24, 2.45) is 0 Å². The van der Waals surface area contributed by atoms with E-state index in [0.717, 1.165) is 6.42 Å². The number of para-hydroxylation sites is 1. The molecule has 0 aliphatic carbocycles. The molecule has 0 fully saturated rings. The largest absolute Gasteiger partial charge is 0.357 e. The van der Waals surface area contributed by atoms with Crippen molar-refractivity contribution >= 4 is 17.0 Å². The number of nitrogens with one attached hydrogen (secondary N) is 1. The van der Waals surface area contributed by atoms with Crippen molar-refractivity contribution in [1.82, 2.24) is 4.98 Å². The van der Waals surface area contributed by atoms with E-state index in [-0.39, 0.29) is 0 Å². The van der Waals surface area contributed by atoms with E-state index in [0.29, 0.717) is 5.92 Å². The van der Waals surface area contributed by atoms with Crippen LogP contribution in [-0.2, 0) is 0 Å². The number of aromatic amines is 1. The summed E-state index contributed by atoms with van der Waals surface area (Å²) >= 11 is 0. The summed E-state index contributed by atoms with van der Waals surface area (Å²) < 4.78 is 0. The van der Waals surface area contributed by atoms with Gasteiger partial charge < -0.3 is 4.98 Å². The molecule has 3 rings (SSSR count). The summed E-state index contributed by atoms with van der Waals surface area (Å²) in [6.45, 7) is 4.44. The van der Waals surface area contributed by atoms with Crippen molar-refractivity contribution in [2.75, 3.05) is 0 Å². The van der Waals surface area contributed by atoms with E-state index in [4.69, 9.17) is 0 Å². The molecular weight excluding hydrogens is 254 g/mol. The third-order valence-corrected chi connectivity index (χ3v) is 4.03. The molecule has 3 aromatic rings. The van der Waals surface area contributed by atoms with E-state index in [2.05, 4.69) is 85.6 Å². The molecule has 0 aliphatic heterocycles. The van der Waals surface area contributed by atoms with Crippen LogP contribution in [0.2, 0.25) is 0 Å². The lowest BCUT2D eigenvalue weighted by molar-refractivity contribution is 0.885. The van der Waals surface area contributed by atoms with Gasteiger partial charge in [-0.3, -0.25) is 0 Å². The fraction of sp³-hybridized carbons (Fsp3) is 0.200. The van der Waals surface area contributed by atoms with Crippen LogP contribution in [0.1, 0.15) is 43.0 Å². The highest BCUT2D eigenvalue weighted by atomic mass is 14.7. The number of hydrogen-bond donors (Lipinski definition) is 1. The minimum atomic E-state index is 0.357. The maximum atomic E-state index is 3.62. The van der Waals surface area contributed by atoms with Crippen LogP contribution in [0, 0.1) is 0 Å². The zero-order chi connectivity index (χ0) is 14.7. The highest BCUT2D eigenvalue weighted by Crippen LogP contribution is 2.32. The molecule has 0 amide bonds. The van der Waals surface area contributed by atoms with Crippen LogP contribution in [0.25, 0.3) is 17.0 Å². The van der Waals surface area contributed by atoms with Gasteiger partial charge in [0.2, 0.25) is 0 Å². The second-order valence-electron chi connectivity index (χ2n) is 5.44. The number of benzene rings is 2. The smallest absolute Gasteiger partial charge is 0.0462 e. The third kappa shape index (κ3) is 2.64. The van der Waals surface area contributed by atoms with Crippen LogP contribution in [0.15, 0.2) is 60.7 Å². The fourth-order valence-corrected chi connectivity index (χ4v) is 2.85. The Bertz CT molecular complexity index is 750. The topological polar surface area (TPSA) is 15.8 Å². The first kappa shape index (κ1) is 13.7. The first-order valence-corrected chi connectivity index (χ1v) is 7.63. The molecule has 1 heteroatoms. The van der Waals surface area contributed by atoms with Crippen molar-refractivity contribution in [1.29, 1.82) is 0 Å². The van der Waals surface area contributed by atoms with E-state index < -0.39 is 0 Å². The van der Waals surface area contributed by atoms with Crippen molar-refractivity contribution in [2.45, 2.75) is 26.2 Å². The van der Waals surface area contributed by atoms with Crippen molar-refractivity contribution in [3.63, 3.8) is 0 Å². The lowest BCUT2D eigenvalue weighted by atomic mass is 9.94. The normalized spacial score (nSPS) is 13.0. The maximum Gasteiger partial charge on any atom is 0.0462 e. The van der Waals surface area contributed by atoms with Crippen LogP contribution in [0.5, 0.6) is 0 Å². The predicted octanol–water partition coefficient (Wildman–Crippen LogP) is 5.74. The van der Waals surface area contributed by atoms with Crippen LogP contribution >= 0.6 is 0 Å². The summed E-state index contributed by atoms with van der Waals surface area (Å²) in [4.78, 5) is 3.62. The molecule has 106 valence electrons. The maximum absolute atomic E-state index is 3.62. The SMILES string of the molecule is CC/C=C/c1c(C(C)c2ccccc2)[nH]c2ccccc12. The van der Waals surface area contributed by atoms with Crippen molar-refractivity contribution in [3.8, 4) is 0 Å². The summed E-state index contributed by atoms with van der Waals surface area (Å²) in [7, 11) is 0. The molecule has 1 aromatic heterocycles. The van der Waals surface area contributed by atoms with Crippen LogP contribution in [0.3, 0.4) is 0 Å². The van der Waals surface area contributed by atoms with Gasteiger partial charge in [-0.15, -0.1) is 0 Å². The number of fused-ring (bicyclic) bond motifs is 1. The number of aromatic nitrogens is 1. The van der Waals surface area contributed by atoms with Gasteiger partial charge in [0.05, 0.1) is 0 Å². The molecule has 0 aliphatic rings. The average Bonchev–Trinajstić information content (AvgIpc) is 2.91. The first-order chi connectivity index (χ1) is 10.3. The minimum Gasteiger partial charge on any atom is -0.357 e.